The summed E-state index contributed by atoms with van der Waals surface area (Å²) in [5.74, 6) is 0.276. The summed E-state index contributed by atoms with van der Waals surface area (Å²) in [5, 5.41) is 9.87. The van der Waals surface area contributed by atoms with Crippen LogP contribution in [-0.2, 0) is 0 Å². The molecule has 0 fully saturated rings. The molecule has 0 aliphatic carbocycles. The summed E-state index contributed by atoms with van der Waals surface area (Å²) in [6.07, 6.45) is 1.03. The summed E-state index contributed by atoms with van der Waals surface area (Å²) < 4.78 is 15.5. The van der Waals surface area contributed by atoms with Crippen LogP contribution in [-0.4, -0.2) is 14.7 Å². The second-order valence-corrected chi connectivity index (χ2v) is 4.39. The molecular formula is C16H25FN2O. The lowest BCUT2D eigenvalue weighted by atomic mass is 10.0. The molecule has 1 N–H and O–H groups in total. The molecule has 20 heavy (non-hydrogen) atoms. The summed E-state index contributed by atoms with van der Waals surface area (Å²) in [4.78, 5) is 4.22. The minimum Gasteiger partial charge on any atom is -0.385 e. The van der Waals surface area contributed by atoms with Crippen LogP contribution in [0.4, 0.5) is 4.39 Å². The van der Waals surface area contributed by atoms with Gasteiger partial charge in [-0.25, -0.2) is 9.37 Å². The molecule has 2 heterocycles. The van der Waals surface area contributed by atoms with Gasteiger partial charge in [0.25, 0.3) is 0 Å². The number of nitrogens with zero attached hydrogens (tertiary/aromatic N) is 2. The Bertz CT molecular complexity index is 551. The normalized spacial score (nSPS) is 20.4. The van der Waals surface area contributed by atoms with Crippen LogP contribution in [0.5, 0.6) is 0 Å². The Morgan fingerprint density at radius 3 is 2.50 bits per heavy atom. The number of rotatable bonds is 0. The van der Waals surface area contributed by atoms with Gasteiger partial charge in [-0.1, -0.05) is 33.8 Å². The highest BCUT2D eigenvalue weighted by Gasteiger charge is 2.27. The van der Waals surface area contributed by atoms with Gasteiger partial charge in [0.15, 0.2) is 5.82 Å². The lowest BCUT2D eigenvalue weighted by molar-refractivity contribution is 0.125. The number of benzene rings is 1. The van der Waals surface area contributed by atoms with Gasteiger partial charge in [-0.3, -0.25) is 0 Å². The van der Waals surface area contributed by atoms with Crippen molar-refractivity contribution in [2.75, 3.05) is 0 Å². The number of aliphatic hydroxyl groups excluding tert-OH is 1. The smallest absolute Gasteiger partial charge is 0.151 e. The standard InChI is InChI=1S/C12H13FN2O.2C2H6/c1-7-5-6-10(16)12-14-11-8(13)3-2-4-9(11)15(7)12;2*1-2/h2-4,7,10,16H,5-6H2,1H3;2*1-2H3. The number of imidazole rings is 1. The van der Waals surface area contributed by atoms with E-state index in [4.69, 9.17) is 0 Å². The van der Waals surface area contributed by atoms with Crippen LogP contribution in [0.2, 0.25) is 0 Å². The fraction of sp³-hybridized carbons (Fsp3) is 0.562. The molecule has 0 saturated carbocycles. The van der Waals surface area contributed by atoms with E-state index in [-0.39, 0.29) is 11.9 Å². The van der Waals surface area contributed by atoms with Crippen molar-refractivity contribution in [2.45, 2.75) is 59.6 Å². The number of aromatic nitrogens is 2. The predicted octanol–water partition coefficient (Wildman–Crippen LogP) is 4.62. The number of hydrogen-bond donors (Lipinski definition) is 1. The first-order valence-electron chi connectivity index (χ1n) is 7.53. The van der Waals surface area contributed by atoms with Crippen molar-refractivity contribution in [2.24, 2.45) is 0 Å². The van der Waals surface area contributed by atoms with E-state index in [1.807, 2.05) is 38.3 Å². The highest BCUT2D eigenvalue weighted by molar-refractivity contribution is 5.77. The monoisotopic (exact) mass is 280 g/mol. The molecule has 0 radical (unpaired) electrons. The van der Waals surface area contributed by atoms with Crippen molar-refractivity contribution >= 4 is 11.0 Å². The lowest BCUT2D eigenvalue weighted by Crippen LogP contribution is -2.19. The molecule has 0 amide bonds. The van der Waals surface area contributed by atoms with E-state index in [0.717, 1.165) is 11.9 Å². The van der Waals surface area contributed by atoms with Crippen molar-refractivity contribution < 1.29 is 9.50 Å². The minimum atomic E-state index is -0.567. The van der Waals surface area contributed by atoms with Gasteiger partial charge in [0.1, 0.15) is 17.4 Å². The Morgan fingerprint density at radius 1 is 1.20 bits per heavy atom. The van der Waals surface area contributed by atoms with Crippen LogP contribution in [0.15, 0.2) is 18.2 Å². The van der Waals surface area contributed by atoms with Gasteiger partial charge in [-0.2, -0.15) is 0 Å². The summed E-state index contributed by atoms with van der Waals surface area (Å²) in [6, 6.07) is 5.20. The van der Waals surface area contributed by atoms with Gasteiger partial charge < -0.3 is 9.67 Å². The topological polar surface area (TPSA) is 38.1 Å². The van der Waals surface area contributed by atoms with E-state index in [2.05, 4.69) is 11.9 Å². The Kier molecular flexibility index (Phi) is 6.14. The van der Waals surface area contributed by atoms with E-state index in [1.54, 1.807) is 6.07 Å². The van der Waals surface area contributed by atoms with Crippen LogP contribution in [0.1, 0.15) is 65.4 Å². The Hall–Kier alpha value is -1.42. The van der Waals surface area contributed by atoms with Crippen LogP contribution in [0.3, 0.4) is 0 Å². The molecule has 112 valence electrons. The van der Waals surface area contributed by atoms with Gasteiger partial charge in [-0.05, 0) is 31.9 Å². The Balaban J connectivity index is 0.000000461. The average molecular weight is 280 g/mol. The minimum absolute atomic E-state index is 0.269. The molecule has 1 aliphatic heterocycles. The largest absolute Gasteiger partial charge is 0.385 e. The lowest BCUT2D eigenvalue weighted by Gasteiger charge is -2.25. The molecule has 1 aliphatic rings. The van der Waals surface area contributed by atoms with Crippen molar-refractivity contribution in [3.63, 3.8) is 0 Å². The predicted molar refractivity (Wildman–Crippen MR) is 81.3 cm³/mol. The first-order chi connectivity index (χ1) is 9.68. The molecule has 0 bridgehead atoms. The molecule has 1 aromatic carbocycles. The van der Waals surface area contributed by atoms with E-state index in [1.165, 1.54) is 6.07 Å². The first-order valence-corrected chi connectivity index (χ1v) is 7.53. The van der Waals surface area contributed by atoms with Gasteiger partial charge >= 0.3 is 0 Å². The fourth-order valence-electron chi connectivity index (χ4n) is 2.46. The second kappa shape index (κ2) is 7.39. The van der Waals surface area contributed by atoms with Gasteiger partial charge in [0, 0.05) is 6.04 Å². The van der Waals surface area contributed by atoms with Crippen molar-refractivity contribution in [1.82, 2.24) is 9.55 Å². The third kappa shape index (κ3) is 2.85. The number of para-hydroxylation sites is 1. The second-order valence-electron chi connectivity index (χ2n) is 4.39. The fourth-order valence-corrected chi connectivity index (χ4v) is 2.46. The maximum Gasteiger partial charge on any atom is 0.151 e. The average Bonchev–Trinajstić information content (AvgIpc) is 2.90. The molecular weight excluding hydrogens is 255 g/mol. The summed E-state index contributed by atoms with van der Waals surface area (Å²) in [6.45, 7) is 10.1. The summed E-state index contributed by atoms with van der Waals surface area (Å²) in [5.41, 5.74) is 1.14. The number of halogens is 1. The van der Waals surface area contributed by atoms with E-state index >= 15 is 0 Å². The first kappa shape index (κ1) is 16.6. The van der Waals surface area contributed by atoms with E-state index in [0.29, 0.717) is 17.8 Å². The molecule has 0 spiro atoms. The third-order valence-corrected chi connectivity index (χ3v) is 3.29. The molecule has 4 heteroatoms. The van der Waals surface area contributed by atoms with Crippen molar-refractivity contribution in [3.05, 3.63) is 29.8 Å². The Labute approximate surface area is 120 Å². The molecule has 1 aromatic heterocycles. The zero-order valence-electron chi connectivity index (χ0n) is 13.0. The number of hydrogen-bond acceptors (Lipinski definition) is 2. The van der Waals surface area contributed by atoms with Crippen LogP contribution < -0.4 is 0 Å². The molecule has 2 atom stereocenters. The molecule has 3 rings (SSSR count). The maximum atomic E-state index is 13.6. The van der Waals surface area contributed by atoms with Crippen molar-refractivity contribution in [3.8, 4) is 0 Å². The molecule has 0 saturated heterocycles. The van der Waals surface area contributed by atoms with E-state index < -0.39 is 6.10 Å². The highest BCUT2D eigenvalue weighted by Crippen LogP contribution is 2.35. The van der Waals surface area contributed by atoms with Crippen LogP contribution in [0.25, 0.3) is 11.0 Å². The highest BCUT2D eigenvalue weighted by atomic mass is 19.1. The maximum absolute atomic E-state index is 13.6. The number of aliphatic hydroxyl groups is 1. The van der Waals surface area contributed by atoms with Gasteiger partial charge in [0.05, 0.1) is 5.52 Å². The van der Waals surface area contributed by atoms with Gasteiger partial charge in [-0.15, -0.1) is 0 Å². The number of fused-ring (bicyclic) bond motifs is 3. The quantitative estimate of drug-likeness (QED) is 0.765. The third-order valence-electron chi connectivity index (χ3n) is 3.29. The SMILES string of the molecule is CC.CC.CC1CCC(O)c2nc3c(F)cccc3n21. The van der Waals surface area contributed by atoms with Crippen molar-refractivity contribution in [1.29, 1.82) is 0 Å². The zero-order chi connectivity index (χ0) is 15.3. The van der Waals surface area contributed by atoms with E-state index in [9.17, 15) is 9.50 Å². The zero-order valence-corrected chi connectivity index (χ0v) is 13.0. The van der Waals surface area contributed by atoms with Crippen LogP contribution in [0, 0.1) is 5.82 Å². The Morgan fingerprint density at radius 2 is 1.85 bits per heavy atom. The molecule has 2 aromatic rings. The summed E-state index contributed by atoms with van der Waals surface area (Å²) in [7, 11) is 0. The molecule has 2 unspecified atom stereocenters. The molecule has 3 nitrogen and oxygen atoms in total. The van der Waals surface area contributed by atoms with Gasteiger partial charge in [0.2, 0.25) is 0 Å². The summed E-state index contributed by atoms with van der Waals surface area (Å²) >= 11 is 0. The van der Waals surface area contributed by atoms with Crippen LogP contribution >= 0.6 is 0 Å².